The molecule has 0 saturated heterocycles. The standard InChI is InChI=1S/C24H33F4NO6P2.ClH/c1-5-32-36(30,33-6-2)23(25,26)21-13-9-19(10-14-21)17-29-18-20-11-15-22(16-12-20)24(27,28)37(31,34-7-3)35-8-4;/h9-16,29H,5-8,17-18H2,1-4H3;1H. The van der Waals surface area contributed by atoms with Crippen molar-refractivity contribution in [3.05, 3.63) is 70.8 Å². The molecule has 216 valence electrons. The minimum Gasteiger partial charge on any atom is -0.309 e. The molecule has 2 aromatic rings. The van der Waals surface area contributed by atoms with Crippen LogP contribution in [0.4, 0.5) is 17.6 Å². The van der Waals surface area contributed by atoms with E-state index in [-0.39, 0.29) is 38.8 Å². The number of hydrogen-bond acceptors (Lipinski definition) is 7. The second-order valence-corrected chi connectivity index (χ2v) is 11.9. The molecule has 38 heavy (non-hydrogen) atoms. The van der Waals surface area contributed by atoms with Crippen molar-refractivity contribution in [3.8, 4) is 0 Å². The molecule has 14 heteroatoms. The van der Waals surface area contributed by atoms with E-state index in [1.807, 2.05) is 0 Å². The van der Waals surface area contributed by atoms with Crippen LogP contribution < -0.4 is 5.32 Å². The van der Waals surface area contributed by atoms with Crippen LogP contribution in [0.15, 0.2) is 48.5 Å². The van der Waals surface area contributed by atoms with E-state index in [0.29, 0.717) is 24.2 Å². The average Bonchev–Trinajstić information content (AvgIpc) is 2.85. The summed E-state index contributed by atoms with van der Waals surface area (Å²) in [6, 6.07) is 10.5. The van der Waals surface area contributed by atoms with E-state index in [1.165, 1.54) is 52.0 Å². The molecular weight excluding hydrogens is 572 g/mol. The van der Waals surface area contributed by atoms with Gasteiger partial charge in [-0.15, -0.1) is 12.4 Å². The van der Waals surface area contributed by atoms with Gasteiger partial charge in [-0.3, -0.25) is 9.13 Å². The van der Waals surface area contributed by atoms with Crippen LogP contribution in [-0.2, 0) is 51.6 Å². The van der Waals surface area contributed by atoms with E-state index in [2.05, 4.69) is 5.32 Å². The maximum atomic E-state index is 14.8. The fourth-order valence-corrected chi connectivity index (χ4v) is 6.48. The molecule has 2 rings (SSSR count). The summed E-state index contributed by atoms with van der Waals surface area (Å²) in [6.07, 6.45) is 0. The number of nitrogens with one attached hydrogen (secondary N) is 1. The van der Waals surface area contributed by atoms with Gasteiger partial charge in [0.2, 0.25) is 0 Å². The first kappa shape index (κ1) is 34.7. The molecule has 0 unspecified atom stereocenters. The Morgan fingerprint density at radius 1 is 0.605 bits per heavy atom. The first-order chi connectivity index (χ1) is 17.4. The van der Waals surface area contributed by atoms with Crippen molar-refractivity contribution in [1.29, 1.82) is 0 Å². The Morgan fingerprint density at radius 2 is 0.868 bits per heavy atom. The first-order valence-corrected chi connectivity index (χ1v) is 14.9. The summed E-state index contributed by atoms with van der Waals surface area (Å²) in [6.45, 7) is 5.65. The zero-order valence-electron chi connectivity index (χ0n) is 21.6. The largest absolute Gasteiger partial charge is 0.404 e. The first-order valence-electron chi connectivity index (χ1n) is 11.8. The lowest BCUT2D eigenvalue weighted by atomic mass is 10.1. The third-order valence-corrected chi connectivity index (χ3v) is 9.43. The van der Waals surface area contributed by atoms with Gasteiger partial charge in [0.1, 0.15) is 0 Å². The van der Waals surface area contributed by atoms with Crippen LogP contribution in [0, 0.1) is 0 Å². The second kappa shape index (κ2) is 14.9. The molecule has 0 bridgehead atoms. The zero-order valence-corrected chi connectivity index (χ0v) is 24.2. The van der Waals surface area contributed by atoms with Crippen molar-refractivity contribution < 1.29 is 44.8 Å². The lowest BCUT2D eigenvalue weighted by Crippen LogP contribution is -2.19. The predicted octanol–water partition coefficient (Wildman–Crippen LogP) is 8.03. The summed E-state index contributed by atoms with van der Waals surface area (Å²) in [7, 11) is -9.38. The van der Waals surface area contributed by atoms with Gasteiger partial charge in [-0.1, -0.05) is 48.5 Å². The quantitative estimate of drug-likeness (QED) is 0.153. The topological polar surface area (TPSA) is 83.1 Å². The monoisotopic (exact) mass is 605 g/mol. The van der Waals surface area contributed by atoms with Gasteiger partial charge in [0, 0.05) is 24.2 Å². The number of halogens is 5. The van der Waals surface area contributed by atoms with E-state index < -0.39 is 37.6 Å². The van der Waals surface area contributed by atoms with Crippen LogP contribution in [0.2, 0.25) is 0 Å². The molecule has 0 heterocycles. The van der Waals surface area contributed by atoms with E-state index >= 15 is 0 Å². The van der Waals surface area contributed by atoms with Crippen molar-refractivity contribution in [3.63, 3.8) is 0 Å². The van der Waals surface area contributed by atoms with Crippen molar-refractivity contribution in [2.45, 2.75) is 52.1 Å². The summed E-state index contributed by atoms with van der Waals surface area (Å²) in [5.74, 6) is 0. The summed E-state index contributed by atoms with van der Waals surface area (Å²) < 4.78 is 104. The molecule has 0 atom stereocenters. The summed E-state index contributed by atoms with van der Waals surface area (Å²) in [5, 5.41) is 3.09. The molecular formula is C24H34ClF4NO6P2. The Hall–Kier alpha value is -1.29. The predicted molar refractivity (Wildman–Crippen MR) is 140 cm³/mol. The maximum absolute atomic E-state index is 14.8. The maximum Gasteiger partial charge on any atom is 0.404 e. The van der Waals surface area contributed by atoms with Gasteiger partial charge in [0.05, 0.1) is 26.4 Å². The van der Waals surface area contributed by atoms with Gasteiger partial charge < -0.3 is 23.4 Å². The minimum absolute atomic E-state index is 0. The minimum atomic E-state index is -4.69. The smallest absolute Gasteiger partial charge is 0.309 e. The third-order valence-electron chi connectivity index (χ3n) is 5.14. The van der Waals surface area contributed by atoms with E-state index in [4.69, 9.17) is 18.1 Å². The van der Waals surface area contributed by atoms with Crippen LogP contribution in [0.3, 0.4) is 0 Å². The van der Waals surface area contributed by atoms with E-state index in [9.17, 15) is 26.7 Å². The highest BCUT2D eigenvalue weighted by atomic mass is 35.5. The average molecular weight is 606 g/mol. The van der Waals surface area contributed by atoms with Crippen molar-refractivity contribution in [2.75, 3.05) is 26.4 Å². The fourth-order valence-electron chi connectivity index (χ4n) is 3.39. The van der Waals surface area contributed by atoms with Crippen LogP contribution in [0.25, 0.3) is 0 Å². The molecule has 0 radical (unpaired) electrons. The second-order valence-electron chi connectivity index (χ2n) is 7.75. The SMILES string of the molecule is CCOP(=O)(OCC)C(F)(F)c1ccc(CNCc2ccc(C(F)(F)P(=O)(OCC)OCC)cc2)cc1.Cl. The Morgan fingerprint density at radius 3 is 1.11 bits per heavy atom. The van der Waals surface area contributed by atoms with Crippen molar-refractivity contribution >= 4 is 27.6 Å². The Labute approximate surface area is 227 Å². The number of hydrogen-bond donors (Lipinski definition) is 1. The molecule has 0 aliphatic heterocycles. The van der Waals surface area contributed by atoms with Gasteiger partial charge in [-0.25, -0.2) is 0 Å². The van der Waals surface area contributed by atoms with E-state index in [0.717, 1.165) is 24.3 Å². The van der Waals surface area contributed by atoms with Crippen molar-refractivity contribution in [1.82, 2.24) is 5.32 Å². The molecule has 0 amide bonds. The third kappa shape index (κ3) is 7.89. The molecule has 0 aliphatic carbocycles. The Bertz CT molecular complexity index is 985. The van der Waals surface area contributed by atoms with E-state index in [1.54, 1.807) is 0 Å². The summed E-state index contributed by atoms with van der Waals surface area (Å²) >= 11 is 0. The lowest BCUT2D eigenvalue weighted by Gasteiger charge is -2.26. The number of benzene rings is 2. The molecule has 0 fully saturated rings. The van der Waals surface area contributed by atoms with Gasteiger partial charge in [0.25, 0.3) is 0 Å². The molecule has 7 nitrogen and oxygen atoms in total. The Balaban J connectivity index is 0.00000722. The normalized spacial score (nSPS) is 12.8. The summed E-state index contributed by atoms with van der Waals surface area (Å²) in [5.41, 5.74) is -7.28. The number of rotatable bonds is 16. The van der Waals surface area contributed by atoms with Crippen LogP contribution >= 0.6 is 27.6 Å². The van der Waals surface area contributed by atoms with Gasteiger partial charge in [-0.2, -0.15) is 17.6 Å². The van der Waals surface area contributed by atoms with Gasteiger partial charge in [0.15, 0.2) is 0 Å². The molecule has 0 aromatic heterocycles. The molecule has 1 N–H and O–H groups in total. The van der Waals surface area contributed by atoms with Crippen LogP contribution in [0.5, 0.6) is 0 Å². The Kier molecular flexibility index (Phi) is 13.6. The number of alkyl halides is 4. The zero-order chi connectivity index (χ0) is 27.7. The van der Waals surface area contributed by atoms with Gasteiger partial charge >= 0.3 is 26.5 Å². The van der Waals surface area contributed by atoms with Crippen molar-refractivity contribution in [2.24, 2.45) is 0 Å². The molecule has 2 aromatic carbocycles. The highest BCUT2D eigenvalue weighted by molar-refractivity contribution is 7.55. The highest BCUT2D eigenvalue weighted by Crippen LogP contribution is 2.67. The highest BCUT2D eigenvalue weighted by Gasteiger charge is 2.55. The van der Waals surface area contributed by atoms with Crippen LogP contribution in [-0.4, -0.2) is 26.4 Å². The molecule has 0 spiro atoms. The fraction of sp³-hybridized carbons (Fsp3) is 0.500. The lowest BCUT2D eigenvalue weighted by molar-refractivity contribution is 0.0360. The molecule has 0 aliphatic rings. The molecule has 0 saturated carbocycles. The van der Waals surface area contributed by atoms with Crippen LogP contribution in [0.1, 0.15) is 49.9 Å². The summed E-state index contributed by atoms with van der Waals surface area (Å²) in [4.78, 5) is 0. The van der Waals surface area contributed by atoms with Gasteiger partial charge in [-0.05, 0) is 38.8 Å².